The summed E-state index contributed by atoms with van der Waals surface area (Å²) >= 11 is 0. The van der Waals surface area contributed by atoms with Gasteiger partial charge in [0.25, 0.3) is 0 Å². The molecule has 13 heavy (non-hydrogen) atoms. The first-order chi connectivity index (χ1) is 6.16. The molecule has 0 rings (SSSR count). The van der Waals surface area contributed by atoms with E-state index in [0.29, 0.717) is 6.04 Å². The highest BCUT2D eigenvalue weighted by Gasteiger charge is 2.03. The summed E-state index contributed by atoms with van der Waals surface area (Å²) in [5.41, 5.74) is 0. The van der Waals surface area contributed by atoms with Crippen molar-refractivity contribution in [1.29, 1.82) is 0 Å². The van der Waals surface area contributed by atoms with Crippen molar-refractivity contribution in [2.24, 2.45) is 0 Å². The maximum Gasteiger partial charge on any atom is 0.303 e. The van der Waals surface area contributed by atoms with Crippen LogP contribution in [0.5, 0.6) is 0 Å². The van der Waals surface area contributed by atoms with E-state index in [9.17, 15) is 4.79 Å². The third-order valence-corrected chi connectivity index (χ3v) is 2.06. The van der Waals surface area contributed by atoms with E-state index in [1.165, 1.54) is 19.3 Å². The largest absolute Gasteiger partial charge is 0.481 e. The second kappa shape index (κ2) is 8.05. The molecule has 0 saturated heterocycles. The van der Waals surface area contributed by atoms with Gasteiger partial charge in [-0.15, -0.1) is 0 Å². The predicted octanol–water partition coefficient (Wildman–Crippen LogP) is 2.02. The van der Waals surface area contributed by atoms with Crippen LogP contribution in [0.15, 0.2) is 0 Å². The summed E-state index contributed by atoms with van der Waals surface area (Å²) in [5.74, 6) is -0.706. The van der Waals surface area contributed by atoms with Gasteiger partial charge < -0.3 is 10.4 Å². The van der Waals surface area contributed by atoms with Crippen molar-refractivity contribution in [2.75, 3.05) is 6.54 Å². The minimum Gasteiger partial charge on any atom is -0.481 e. The Morgan fingerprint density at radius 1 is 1.46 bits per heavy atom. The molecule has 0 spiro atoms. The first-order valence-corrected chi connectivity index (χ1v) is 5.12. The van der Waals surface area contributed by atoms with Gasteiger partial charge in [0.15, 0.2) is 0 Å². The summed E-state index contributed by atoms with van der Waals surface area (Å²) in [7, 11) is 0. The van der Waals surface area contributed by atoms with Crippen molar-refractivity contribution in [3.05, 3.63) is 0 Å². The van der Waals surface area contributed by atoms with Crippen molar-refractivity contribution in [2.45, 2.75) is 52.0 Å². The summed E-state index contributed by atoms with van der Waals surface area (Å²) in [5, 5.41) is 11.8. The molecule has 0 aliphatic heterocycles. The molecule has 0 aromatic rings. The fraction of sp³-hybridized carbons (Fsp3) is 0.900. The van der Waals surface area contributed by atoms with Crippen LogP contribution in [-0.2, 0) is 4.79 Å². The van der Waals surface area contributed by atoms with Crippen molar-refractivity contribution < 1.29 is 9.90 Å². The first kappa shape index (κ1) is 12.4. The van der Waals surface area contributed by atoms with Gasteiger partial charge in [-0.05, 0) is 26.3 Å². The Labute approximate surface area is 80.5 Å². The average Bonchev–Trinajstić information content (AvgIpc) is 2.09. The molecule has 3 nitrogen and oxygen atoms in total. The number of carboxylic acid groups (broad SMARTS) is 1. The Kier molecular flexibility index (Phi) is 7.69. The number of carboxylic acids is 1. The SMILES string of the molecule is CCCCCNC(C)CCC(=O)O. The highest BCUT2D eigenvalue weighted by atomic mass is 16.4. The molecule has 0 radical (unpaired) electrons. The van der Waals surface area contributed by atoms with Crippen LogP contribution < -0.4 is 5.32 Å². The summed E-state index contributed by atoms with van der Waals surface area (Å²) in [4.78, 5) is 10.3. The fourth-order valence-corrected chi connectivity index (χ4v) is 1.17. The fourth-order valence-electron chi connectivity index (χ4n) is 1.17. The van der Waals surface area contributed by atoms with E-state index in [4.69, 9.17) is 5.11 Å². The molecular formula is C10H21NO2. The standard InChI is InChI=1S/C10H21NO2/c1-3-4-5-8-11-9(2)6-7-10(12)13/h9,11H,3-8H2,1-2H3,(H,12,13). The van der Waals surface area contributed by atoms with E-state index in [0.717, 1.165) is 13.0 Å². The Bertz CT molecular complexity index is 137. The van der Waals surface area contributed by atoms with Crippen LogP contribution in [0.25, 0.3) is 0 Å². The quantitative estimate of drug-likeness (QED) is 0.571. The third-order valence-electron chi connectivity index (χ3n) is 2.06. The lowest BCUT2D eigenvalue weighted by atomic mass is 10.1. The van der Waals surface area contributed by atoms with Gasteiger partial charge in [-0.2, -0.15) is 0 Å². The van der Waals surface area contributed by atoms with E-state index < -0.39 is 5.97 Å². The van der Waals surface area contributed by atoms with Crippen LogP contribution in [0, 0.1) is 0 Å². The molecule has 0 aromatic heterocycles. The Hall–Kier alpha value is -0.570. The molecule has 3 heteroatoms. The van der Waals surface area contributed by atoms with Crippen molar-refractivity contribution in [3.63, 3.8) is 0 Å². The average molecular weight is 187 g/mol. The van der Waals surface area contributed by atoms with Gasteiger partial charge in [0, 0.05) is 12.5 Å². The van der Waals surface area contributed by atoms with Gasteiger partial charge in [-0.25, -0.2) is 0 Å². The maximum absolute atomic E-state index is 10.3. The predicted molar refractivity (Wildman–Crippen MR) is 53.9 cm³/mol. The minimum atomic E-state index is -0.706. The van der Waals surface area contributed by atoms with Gasteiger partial charge in [0.1, 0.15) is 0 Å². The minimum absolute atomic E-state index is 0.266. The molecule has 0 amide bonds. The monoisotopic (exact) mass is 187 g/mol. The Morgan fingerprint density at radius 3 is 2.69 bits per heavy atom. The number of hydrogen-bond donors (Lipinski definition) is 2. The van der Waals surface area contributed by atoms with Crippen LogP contribution in [0.3, 0.4) is 0 Å². The third kappa shape index (κ3) is 9.34. The molecule has 0 aromatic carbocycles. The number of unbranched alkanes of at least 4 members (excludes halogenated alkanes) is 2. The van der Waals surface area contributed by atoms with Crippen molar-refractivity contribution >= 4 is 5.97 Å². The van der Waals surface area contributed by atoms with E-state index in [-0.39, 0.29) is 6.42 Å². The molecule has 0 bridgehead atoms. The van der Waals surface area contributed by atoms with E-state index >= 15 is 0 Å². The molecule has 0 fully saturated rings. The molecule has 2 N–H and O–H groups in total. The van der Waals surface area contributed by atoms with Crippen LogP contribution >= 0.6 is 0 Å². The van der Waals surface area contributed by atoms with Gasteiger partial charge in [-0.1, -0.05) is 19.8 Å². The number of nitrogens with one attached hydrogen (secondary N) is 1. The normalized spacial score (nSPS) is 12.8. The van der Waals surface area contributed by atoms with E-state index in [2.05, 4.69) is 12.2 Å². The number of carbonyl (C=O) groups is 1. The lowest BCUT2D eigenvalue weighted by Gasteiger charge is -2.11. The van der Waals surface area contributed by atoms with Crippen LogP contribution in [0.1, 0.15) is 46.0 Å². The summed E-state index contributed by atoms with van der Waals surface area (Å²) in [6.45, 7) is 5.22. The second-order valence-electron chi connectivity index (χ2n) is 3.49. The number of rotatable bonds is 8. The molecule has 0 aliphatic carbocycles. The van der Waals surface area contributed by atoms with Crippen LogP contribution in [0.2, 0.25) is 0 Å². The van der Waals surface area contributed by atoms with Crippen molar-refractivity contribution in [3.8, 4) is 0 Å². The topological polar surface area (TPSA) is 49.3 Å². The lowest BCUT2D eigenvalue weighted by molar-refractivity contribution is -0.137. The maximum atomic E-state index is 10.3. The number of aliphatic carboxylic acids is 1. The Balaban J connectivity index is 3.19. The van der Waals surface area contributed by atoms with E-state index in [1.807, 2.05) is 6.92 Å². The van der Waals surface area contributed by atoms with Gasteiger partial charge in [-0.3, -0.25) is 4.79 Å². The smallest absolute Gasteiger partial charge is 0.303 e. The second-order valence-corrected chi connectivity index (χ2v) is 3.49. The molecule has 0 heterocycles. The lowest BCUT2D eigenvalue weighted by Crippen LogP contribution is -2.27. The zero-order chi connectivity index (χ0) is 10.1. The summed E-state index contributed by atoms with van der Waals surface area (Å²) in [6, 6.07) is 0.327. The van der Waals surface area contributed by atoms with Gasteiger partial charge in [0.2, 0.25) is 0 Å². The van der Waals surface area contributed by atoms with Crippen LogP contribution in [0.4, 0.5) is 0 Å². The van der Waals surface area contributed by atoms with Crippen molar-refractivity contribution in [1.82, 2.24) is 5.32 Å². The molecule has 1 unspecified atom stereocenters. The molecular weight excluding hydrogens is 166 g/mol. The first-order valence-electron chi connectivity index (χ1n) is 5.12. The zero-order valence-corrected chi connectivity index (χ0v) is 8.68. The molecule has 78 valence electrons. The highest BCUT2D eigenvalue weighted by Crippen LogP contribution is 1.97. The van der Waals surface area contributed by atoms with Crippen LogP contribution in [-0.4, -0.2) is 23.7 Å². The summed E-state index contributed by atoms with van der Waals surface area (Å²) < 4.78 is 0. The number of hydrogen-bond acceptors (Lipinski definition) is 2. The molecule has 0 saturated carbocycles. The Morgan fingerprint density at radius 2 is 2.15 bits per heavy atom. The highest BCUT2D eigenvalue weighted by molar-refractivity contribution is 5.66. The van der Waals surface area contributed by atoms with E-state index in [1.54, 1.807) is 0 Å². The molecule has 0 aliphatic rings. The molecule has 1 atom stereocenters. The van der Waals surface area contributed by atoms with Gasteiger partial charge in [0.05, 0.1) is 0 Å². The van der Waals surface area contributed by atoms with Gasteiger partial charge >= 0.3 is 5.97 Å². The zero-order valence-electron chi connectivity index (χ0n) is 8.68. The summed E-state index contributed by atoms with van der Waals surface area (Å²) in [6.07, 6.45) is 4.65.